The largest absolute Gasteiger partial charge is 0.383 e. The van der Waals surface area contributed by atoms with Gasteiger partial charge < -0.3 is 10.6 Å². The van der Waals surface area contributed by atoms with Gasteiger partial charge in [0.1, 0.15) is 12.1 Å². The van der Waals surface area contributed by atoms with Crippen LogP contribution in [0.5, 0.6) is 0 Å². The van der Waals surface area contributed by atoms with Crippen LogP contribution in [-0.4, -0.2) is 34.3 Å². The van der Waals surface area contributed by atoms with Gasteiger partial charge in [-0.05, 0) is 6.07 Å². The average molecular weight is 254 g/mol. The van der Waals surface area contributed by atoms with E-state index in [1.54, 1.807) is 0 Å². The zero-order valence-electron chi connectivity index (χ0n) is 10.8. The molecule has 0 saturated carbocycles. The number of nitrogens with zero attached hydrogens (tertiary/aromatic N) is 4. The van der Waals surface area contributed by atoms with E-state index in [1.807, 2.05) is 43.3 Å². The molecule has 0 amide bonds. The van der Waals surface area contributed by atoms with E-state index < -0.39 is 0 Å². The molecule has 1 aromatic carbocycles. The Hall–Kier alpha value is -2.63. The highest BCUT2D eigenvalue weighted by Crippen LogP contribution is 2.34. The Morgan fingerprint density at radius 1 is 1.16 bits per heavy atom. The molecular formula is C13H14N6. The molecule has 0 radical (unpaired) electrons. The van der Waals surface area contributed by atoms with Crippen LogP contribution in [0.15, 0.2) is 30.6 Å². The minimum atomic E-state index is 0.433. The molecule has 2 heterocycles. The van der Waals surface area contributed by atoms with Gasteiger partial charge in [-0.15, -0.1) is 0 Å². The lowest BCUT2D eigenvalue weighted by Gasteiger charge is -2.16. The van der Waals surface area contributed by atoms with Crippen molar-refractivity contribution in [1.29, 1.82) is 0 Å². The van der Waals surface area contributed by atoms with Gasteiger partial charge in [0.25, 0.3) is 0 Å². The second kappa shape index (κ2) is 4.24. The highest BCUT2D eigenvalue weighted by Gasteiger charge is 2.15. The van der Waals surface area contributed by atoms with Crippen LogP contribution in [0.3, 0.4) is 0 Å². The van der Waals surface area contributed by atoms with Crippen LogP contribution >= 0.6 is 0 Å². The molecular weight excluding hydrogens is 240 g/mol. The maximum absolute atomic E-state index is 5.94. The SMILES string of the molecule is CN(C)c1ccccc1-c1[nH]nc2ncnc(N)c12. The number of aromatic amines is 1. The Labute approximate surface area is 110 Å². The average Bonchev–Trinajstić information content (AvgIpc) is 2.84. The summed E-state index contributed by atoms with van der Waals surface area (Å²) in [6.45, 7) is 0. The molecule has 0 unspecified atom stereocenters. The fraction of sp³-hybridized carbons (Fsp3) is 0.154. The Kier molecular flexibility index (Phi) is 2.56. The van der Waals surface area contributed by atoms with E-state index in [-0.39, 0.29) is 0 Å². The predicted molar refractivity (Wildman–Crippen MR) is 75.9 cm³/mol. The van der Waals surface area contributed by atoms with Crippen molar-refractivity contribution in [3.63, 3.8) is 0 Å². The number of nitrogens with two attached hydrogens (primary N) is 1. The van der Waals surface area contributed by atoms with Crippen molar-refractivity contribution in [3.05, 3.63) is 30.6 Å². The summed E-state index contributed by atoms with van der Waals surface area (Å²) in [6, 6.07) is 8.04. The van der Waals surface area contributed by atoms with Gasteiger partial charge in [0.05, 0.1) is 11.1 Å². The molecule has 0 aliphatic rings. The minimum Gasteiger partial charge on any atom is -0.383 e. The minimum absolute atomic E-state index is 0.433. The third-order valence-corrected chi connectivity index (χ3v) is 3.04. The molecule has 0 saturated heterocycles. The molecule has 19 heavy (non-hydrogen) atoms. The second-order valence-corrected chi connectivity index (χ2v) is 4.47. The van der Waals surface area contributed by atoms with Crippen LogP contribution in [0, 0.1) is 0 Å². The van der Waals surface area contributed by atoms with Gasteiger partial charge >= 0.3 is 0 Å². The molecule has 3 N–H and O–H groups in total. The number of nitrogens with one attached hydrogen (secondary N) is 1. The molecule has 2 aromatic heterocycles. The first-order valence-electron chi connectivity index (χ1n) is 5.89. The molecule has 0 spiro atoms. The van der Waals surface area contributed by atoms with Gasteiger partial charge in [0.15, 0.2) is 5.65 Å². The number of para-hydroxylation sites is 1. The molecule has 6 heteroatoms. The number of hydrogen-bond donors (Lipinski definition) is 2. The van der Waals surface area contributed by atoms with E-state index in [0.717, 1.165) is 22.3 Å². The van der Waals surface area contributed by atoms with Crippen molar-refractivity contribution in [1.82, 2.24) is 20.2 Å². The first kappa shape index (κ1) is 11.5. The molecule has 3 aromatic rings. The van der Waals surface area contributed by atoms with E-state index in [1.165, 1.54) is 6.33 Å². The monoisotopic (exact) mass is 254 g/mol. The number of anilines is 2. The Morgan fingerprint density at radius 2 is 1.95 bits per heavy atom. The summed E-state index contributed by atoms with van der Waals surface area (Å²) in [7, 11) is 3.99. The smallest absolute Gasteiger partial charge is 0.186 e. The fourth-order valence-corrected chi connectivity index (χ4v) is 2.15. The molecule has 6 nitrogen and oxygen atoms in total. The number of fused-ring (bicyclic) bond motifs is 1. The summed E-state index contributed by atoms with van der Waals surface area (Å²) < 4.78 is 0. The molecule has 0 bridgehead atoms. The van der Waals surface area contributed by atoms with Crippen molar-refractivity contribution in [2.45, 2.75) is 0 Å². The summed E-state index contributed by atoms with van der Waals surface area (Å²) in [4.78, 5) is 10.2. The van der Waals surface area contributed by atoms with Crippen molar-refractivity contribution in [2.24, 2.45) is 0 Å². The second-order valence-electron chi connectivity index (χ2n) is 4.47. The van der Waals surface area contributed by atoms with E-state index in [2.05, 4.69) is 20.2 Å². The van der Waals surface area contributed by atoms with Crippen LogP contribution in [-0.2, 0) is 0 Å². The van der Waals surface area contributed by atoms with Crippen LogP contribution in [0.1, 0.15) is 0 Å². The lowest BCUT2D eigenvalue weighted by atomic mass is 10.1. The lowest BCUT2D eigenvalue weighted by Crippen LogP contribution is -2.09. The van der Waals surface area contributed by atoms with Crippen molar-refractivity contribution < 1.29 is 0 Å². The maximum atomic E-state index is 5.94. The normalized spacial score (nSPS) is 10.8. The number of aromatic nitrogens is 4. The summed E-state index contributed by atoms with van der Waals surface area (Å²) in [5.74, 6) is 0.433. The Balaban J connectivity index is 2.31. The third-order valence-electron chi connectivity index (χ3n) is 3.04. The van der Waals surface area contributed by atoms with Gasteiger partial charge in [-0.1, -0.05) is 18.2 Å². The molecule has 0 aliphatic heterocycles. The van der Waals surface area contributed by atoms with Gasteiger partial charge in [0, 0.05) is 25.3 Å². The Morgan fingerprint density at radius 3 is 2.74 bits per heavy atom. The molecule has 0 atom stereocenters. The number of H-pyrrole nitrogens is 1. The number of benzene rings is 1. The van der Waals surface area contributed by atoms with Crippen molar-refractivity contribution in [2.75, 3.05) is 24.7 Å². The highest BCUT2D eigenvalue weighted by molar-refractivity contribution is 6.00. The molecule has 3 rings (SSSR count). The molecule has 96 valence electrons. The van der Waals surface area contributed by atoms with Crippen molar-refractivity contribution in [3.8, 4) is 11.3 Å². The highest BCUT2D eigenvalue weighted by atomic mass is 15.2. The van der Waals surface area contributed by atoms with E-state index >= 15 is 0 Å². The van der Waals surface area contributed by atoms with E-state index in [9.17, 15) is 0 Å². The van der Waals surface area contributed by atoms with Crippen LogP contribution in [0.25, 0.3) is 22.3 Å². The number of nitrogen functional groups attached to an aromatic ring is 1. The quantitative estimate of drug-likeness (QED) is 0.726. The summed E-state index contributed by atoms with van der Waals surface area (Å²) >= 11 is 0. The topological polar surface area (TPSA) is 83.7 Å². The zero-order valence-corrected chi connectivity index (χ0v) is 10.8. The summed E-state index contributed by atoms with van der Waals surface area (Å²) in [6.07, 6.45) is 1.42. The first-order valence-corrected chi connectivity index (χ1v) is 5.89. The van der Waals surface area contributed by atoms with Gasteiger partial charge in [-0.3, -0.25) is 5.10 Å². The van der Waals surface area contributed by atoms with E-state index in [4.69, 9.17) is 5.73 Å². The predicted octanol–water partition coefficient (Wildman–Crippen LogP) is 1.67. The Bertz CT molecular complexity index is 731. The van der Waals surface area contributed by atoms with Gasteiger partial charge in [-0.25, -0.2) is 9.97 Å². The standard InChI is InChI=1S/C13H14N6/c1-19(2)9-6-4-3-5-8(9)11-10-12(14)15-7-16-13(10)18-17-11/h3-7H,1-2H3,(H3,14,15,16,17,18). The molecule has 0 fully saturated rings. The van der Waals surface area contributed by atoms with Crippen LogP contribution < -0.4 is 10.6 Å². The van der Waals surface area contributed by atoms with Crippen LogP contribution in [0.4, 0.5) is 11.5 Å². The molecule has 0 aliphatic carbocycles. The first-order chi connectivity index (χ1) is 9.18. The van der Waals surface area contributed by atoms with E-state index in [0.29, 0.717) is 11.5 Å². The third kappa shape index (κ3) is 1.77. The van der Waals surface area contributed by atoms with Crippen LogP contribution in [0.2, 0.25) is 0 Å². The van der Waals surface area contributed by atoms with Crippen molar-refractivity contribution >= 4 is 22.5 Å². The lowest BCUT2D eigenvalue weighted by molar-refractivity contribution is 1.09. The summed E-state index contributed by atoms with van der Waals surface area (Å²) in [5, 5.41) is 7.95. The zero-order chi connectivity index (χ0) is 13.4. The summed E-state index contributed by atoms with van der Waals surface area (Å²) in [5.41, 5.74) is 9.47. The maximum Gasteiger partial charge on any atom is 0.186 e. The number of hydrogen-bond acceptors (Lipinski definition) is 5. The van der Waals surface area contributed by atoms with Gasteiger partial charge in [-0.2, -0.15) is 5.10 Å². The number of rotatable bonds is 2. The van der Waals surface area contributed by atoms with Gasteiger partial charge in [0.2, 0.25) is 0 Å². The fourth-order valence-electron chi connectivity index (χ4n) is 2.15.